The number of rotatable bonds is 12. The van der Waals surface area contributed by atoms with Crippen LogP contribution in [0.3, 0.4) is 0 Å². The van der Waals surface area contributed by atoms with Gasteiger partial charge in [0.2, 0.25) is 0 Å². The lowest BCUT2D eigenvalue weighted by Gasteiger charge is -2.39. The van der Waals surface area contributed by atoms with Crippen molar-refractivity contribution in [3.05, 3.63) is 0 Å². The first-order chi connectivity index (χ1) is 13.3. The van der Waals surface area contributed by atoms with Crippen LogP contribution in [-0.4, -0.2) is 122 Å². The summed E-state index contributed by atoms with van der Waals surface area (Å²) in [5, 5.41) is 30.1. The van der Waals surface area contributed by atoms with Gasteiger partial charge in [-0.15, -0.1) is 0 Å². The first-order valence-corrected chi connectivity index (χ1v) is 11.2. The van der Waals surface area contributed by atoms with Crippen LogP contribution in [0.5, 0.6) is 0 Å². The maximum Gasteiger partial charge on any atom is 0.126 e. The van der Waals surface area contributed by atoms with Gasteiger partial charge in [0.15, 0.2) is 0 Å². The zero-order chi connectivity index (χ0) is 20.5. The number of likely N-dealkylation sites (N-methyl/N-ethyl adjacent to an activating group) is 2. The molecule has 3 atom stereocenters. The lowest BCUT2D eigenvalue weighted by molar-refractivity contribution is -0.916. The molecule has 0 spiro atoms. The minimum atomic E-state index is -0.536. The van der Waals surface area contributed by atoms with Crippen LogP contribution in [-0.2, 0) is 9.47 Å². The first-order valence-electron chi connectivity index (χ1n) is 11.2. The van der Waals surface area contributed by atoms with Crippen LogP contribution in [0.4, 0.5) is 0 Å². The molecule has 7 heteroatoms. The Hall–Kier alpha value is -0.280. The molecule has 2 aliphatic heterocycles. The Morgan fingerprint density at radius 1 is 0.714 bits per heavy atom. The molecule has 0 saturated carbocycles. The van der Waals surface area contributed by atoms with Gasteiger partial charge >= 0.3 is 0 Å². The molecule has 0 amide bonds. The van der Waals surface area contributed by atoms with E-state index in [0.29, 0.717) is 13.1 Å². The van der Waals surface area contributed by atoms with Gasteiger partial charge in [0.1, 0.15) is 31.4 Å². The zero-order valence-corrected chi connectivity index (χ0v) is 18.1. The van der Waals surface area contributed by atoms with E-state index in [1.54, 1.807) is 0 Å². The van der Waals surface area contributed by atoms with Gasteiger partial charge in [-0.05, 0) is 38.5 Å². The SMILES string of the molecule is C[N+]1(CC(O)COCC(CO)OCC(O)C[N+]2(C)CCCCC2)CCCCC1. The summed E-state index contributed by atoms with van der Waals surface area (Å²) < 4.78 is 13.1. The molecule has 0 aliphatic carbocycles. The Labute approximate surface area is 171 Å². The normalized spacial score (nSPS) is 25.2. The van der Waals surface area contributed by atoms with Crippen molar-refractivity contribution in [3.8, 4) is 0 Å². The smallest absolute Gasteiger partial charge is 0.126 e. The van der Waals surface area contributed by atoms with Crippen molar-refractivity contribution in [2.75, 3.05) is 79.8 Å². The van der Waals surface area contributed by atoms with E-state index in [2.05, 4.69) is 14.1 Å². The number of nitrogens with zero attached hydrogens (tertiary/aromatic N) is 2. The van der Waals surface area contributed by atoms with Gasteiger partial charge in [0, 0.05) is 0 Å². The first kappa shape index (κ1) is 24.0. The molecular formula is C21H44N2O5+2. The van der Waals surface area contributed by atoms with Gasteiger partial charge < -0.3 is 33.8 Å². The fourth-order valence-corrected chi connectivity index (χ4v) is 4.78. The highest BCUT2D eigenvalue weighted by molar-refractivity contribution is 4.62. The van der Waals surface area contributed by atoms with E-state index in [4.69, 9.17) is 9.47 Å². The van der Waals surface area contributed by atoms with Gasteiger partial charge in [0.05, 0.1) is 66.7 Å². The molecule has 2 heterocycles. The number of hydrogen-bond donors (Lipinski definition) is 3. The molecule has 3 unspecified atom stereocenters. The molecule has 166 valence electrons. The maximum atomic E-state index is 10.3. The van der Waals surface area contributed by atoms with Gasteiger partial charge in [0.25, 0.3) is 0 Å². The minimum absolute atomic E-state index is 0.150. The summed E-state index contributed by atoms with van der Waals surface area (Å²) in [4.78, 5) is 0. The second-order valence-corrected chi connectivity index (χ2v) is 9.60. The van der Waals surface area contributed by atoms with E-state index in [1.807, 2.05) is 0 Å². The number of likely N-dealkylation sites (tertiary alicyclic amines) is 2. The Bertz CT molecular complexity index is 425. The van der Waals surface area contributed by atoms with Crippen molar-refractivity contribution in [3.63, 3.8) is 0 Å². The Kier molecular flexibility index (Phi) is 10.1. The molecular weight excluding hydrogens is 360 g/mol. The number of quaternary nitrogens is 2. The molecule has 2 saturated heterocycles. The van der Waals surface area contributed by atoms with E-state index in [-0.39, 0.29) is 26.4 Å². The van der Waals surface area contributed by atoms with E-state index in [0.717, 1.165) is 35.1 Å². The molecule has 0 aromatic heterocycles. The standard InChI is InChI=1S/C21H44N2O5/c1-22(9-5-3-6-10-22)13-19(25)16-27-18-21(15-24)28-17-20(26)14-23(2)11-7-4-8-12-23/h19-21,24-26H,3-18H2,1-2H3/q+2. The van der Waals surface area contributed by atoms with Crippen LogP contribution < -0.4 is 0 Å². The van der Waals surface area contributed by atoms with Crippen LogP contribution in [0, 0.1) is 0 Å². The van der Waals surface area contributed by atoms with Crippen molar-refractivity contribution < 1.29 is 33.8 Å². The minimum Gasteiger partial charge on any atom is -0.394 e. The Balaban J connectivity index is 1.61. The van der Waals surface area contributed by atoms with Crippen LogP contribution >= 0.6 is 0 Å². The number of aliphatic hydroxyl groups excluding tert-OH is 3. The molecule has 2 fully saturated rings. The summed E-state index contributed by atoms with van der Waals surface area (Å²) in [5.74, 6) is 0. The summed E-state index contributed by atoms with van der Waals surface area (Å²) in [6.07, 6.45) is 5.97. The quantitative estimate of drug-likeness (QED) is 0.410. The molecule has 2 aliphatic rings. The van der Waals surface area contributed by atoms with Crippen LogP contribution in [0.2, 0.25) is 0 Å². The van der Waals surface area contributed by atoms with Crippen LogP contribution in [0.1, 0.15) is 38.5 Å². The zero-order valence-electron chi connectivity index (χ0n) is 18.1. The summed E-state index contributed by atoms with van der Waals surface area (Å²) in [7, 11) is 4.40. The Morgan fingerprint density at radius 3 is 1.64 bits per heavy atom. The third-order valence-corrected chi connectivity index (χ3v) is 6.44. The highest BCUT2D eigenvalue weighted by atomic mass is 16.5. The lowest BCUT2D eigenvalue weighted by Crippen LogP contribution is -2.53. The predicted octanol–water partition coefficient (Wildman–Crippen LogP) is 0.363. The van der Waals surface area contributed by atoms with Crippen molar-refractivity contribution in [1.82, 2.24) is 0 Å². The summed E-state index contributed by atoms with van der Waals surface area (Å²) in [6.45, 7) is 6.40. The topological polar surface area (TPSA) is 79.2 Å². The average Bonchev–Trinajstić information content (AvgIpc) is 2.64. The molecule has 28 heavy (non-hydrogen) atoms. The van der Waals surface area contributed by atoms with Crippen molar-refractivity contribution >= 4 is 0 Å². The van der Waals surface area contributed by atoms with Crippen LogP contribution in [0.25, 0.3) is 0 Å². The van der Waals surface area contributed by atoms with Gasteiger partial charge in [-0.25, -0.2) is 0 Å². The lowest BCUT2D eigenvalue weighted by atomic mass is 10.1. The van der Waals surface area contributed by atoms with Gasteiger partial charge in [-0.1, -0.05) is 0 Å². The fraction of sp³-hybridized carbons (Fsp3) is 1.00. The monoisotopic (exact) mass is 404 g/mol. The average molecular weight is 405 g/mol. The molecule has 2 rings (SSSR count). The van der Waals surface area contributed by atoms with Crippen molar-refractivity contribution in [2.24, 2.45) is 0 Å². The molecule has 0 bridgehead atoms. The second kappa shape index (κ2) is 11.8. The summed E-state index contributed by atoms with van der Waals surface area (Å²) in [6, 6.07) is 0. The number of ether oxygens (including phenoxy) is 2. The van der Waals surface area contributed by atoms with E-state index in [9.17, 15) is 15.3 Å². The summed E-state index contributed by atoms with van der Waals surface area (Å²) >= 11 is 0. The molecule has 0 aromatic rings. The Morgan fingerprint density at radius 2 is 1.18 bits per heavy atom. The predicted molar refractivity (Wildman–Crippen MR) is 109 cm³/mol. The number of aliphatic hydroxyl groups is 3. The fourth-order valence-electron chi connectivity index (χ4n) is 4.78. The van der Waals surface area contributed by atoms with Crippen molar-refractivity contribution in [1.29, 1.82) is 0 Å². The number of piperidine rings is 2. The highest BCUT2D eigenvalue weighted by Gasteiger charge is 2.29. The maximum absolute atomic E-state index is 10.3. The molecule has 7 nitrogen and oxygen atoms in total. The molecule has 3 N–H and O–H groups in total. The van der Waals surface area contributed by atoms with E-state index in [1.165, 1.54) is 38.5 Å². The summed E-state index contributed by atoms with van der Waals surface area (Å²) in [5.41, 5.74) is 0. The molecule has 0 radical (unpaired) electrons. The van der Waals surface area contributed by atoms with Gasteiger partial charge in [-0.2, -0.15) is 0 Å². The van der Waals surface area contributed by atoms with Gasteiger partial charge in [-0.3, -0.25) is 0 Å². The molecule has 0 aromatic carbocycles. The van der Waals surface area contributed by atoms with Crippen LogP contribution in [0.15, 0.2) is 0 Å². The highest BCUT2D eigenvalue weighted by Crippen LogP contribution is 2.18. The van der Waals surface area contributed by atoms with E-state index < -0.39 is 18.3 Å². The van der Waals surface area contributed by atoms with Crippen molar-refractivity contribution in [2.45, 2.75) is 56.8 Å². The second-order valence-electron chi connectivity index (χ2n) is 9.60. The number of hydrogen-bond acceptors (Lipinski definition) is 5. The third-order valence-electron chi connectivity index (χ3n) is 6.44. The third kappa shape index (κ3) is 8.61. The van der Waals surface area contributed by atoms with E-state index >= 15 is 0 Å². The largest absolute Gasteiger partial charge is 0.394 e.